The number of benzene rings is 2. The molecule has 7 heteroatoms. The SMILES string of the molecule is O=C(O)CCC(=O)N1N=C2/C(=C\c3ccc(F)cc3)CCC[C@H]2[C@@H]1c1ccc(F)cc1. The molecule has 4 rings (SSSR count). The van der Waals surface area contributed by atoms with Crippen LogP contribution in [-0.4, -0.2) is 27.7 Å². The van der Waals surface area contributed by atoms with E-state index >= 15 is 0 Å². The average Bonchev–Trinajstić information content (AvgIpc) is 3.15. The van der Waals surface area contributed by atoms with Crippen LogP contribution in [0.25, 0.3) is 6.08 Å². The molecule has 0 bridgehead atoms. The van der Waals surface area contributed by atoms with E-state index in [0.29, 0.717) is 0 Å². The molecule has 1 heterocycles. The van der Waals surface area contributed by atoms with Crippen molar-refractivity contribution in [1.82, 2.24) is 5.01 Å². The van der Waals surface area contributed by atoms with Gasteiger partial charge in [0.2, 0.25) is 5.91 Å². The Bertz CT molecular complexity index is 1050. The van der Waals surface area contributed by atoms with Crippen molar-refractivity contribution in [2.75, 3.05) is 0 Å². The Kier molecular flexibility index (Phi) is 5.93. The third kappa shape index (κ3) is 4.55. The molecule has 1 N–H and O–H groups in total. The number of allylic oxidation sites excluding steroid dienone is 1. The van der Waals surface area contributed by atoms with E-state index in [0.717, 1.165) is 41.7 Å². The predicted octanol–water partition coefficient (Wildman–Crippen LogP) is 4.95. The number of carbonyl (C=O) groups is 2. The number of halogens is 2. The molecule has 0 radical (unpaired) electrons. The number of amides is 1. The Morgan fingerprint density at radius 1 is 1.03 bits per heavy atom. The van der Waals surface area contributed by atoms with E-state index in [4.69, 9.17) is 5.11 Å². The van der Waals surface area contributed by atoms with Crippen molar-refractivity contribution >= 4 is 23.7 Å². The molecule has 1 amide bonds. The number of nitrogens with zero attached hydrogens (tertiary/aromatic N) is 2. The molecular weight excluding hydrogens is 402 g/mol. The molecule has 0 aromatic heterocycles. The Hall–Kier alpha value is -3.35. The molecule has 2 aliphatic rings. The van der Waals surface area contributed by atoms with Gasteiger partial charge in [-0.3, -0.25) is 9.59 Å². The summed E-state index contributed by atoms with van der Waals surface area (Å²) >= 11 is 0. The number of hydrazone groups is 1. The van der Waals surface area contributed by atoms with Gasteiger partial charge in [0, 0.05) is 12.3 Å². The van der Waals surface area contributed by atoms with Gasteiger partial charge in [-0.05, 0) is 66.3 Å². The second-order valence-electron chi connectivity index (χ2n) is 7.83. The van der Waals surface area contributed by atoms with E-state index in [9.17, 15) is 18.4 Å². The van der Waals surface area contributed by atoms with Crippen molar-refractivity contribution in [3.8, 4) is 0 Å². The number of carboxylic acids is 1. The van der Waals surface area contributed by atoms with E-state index < -0.39 is 12.0 Å². The number of hydrogen-bond acceptors (Lipinski definition) is 3. The number of carboxylic acid groups (broad SMARTS) is 1. The van der Waals surface area contributed by atoms with Crippen molar-refractivity contribution in [3.63, 3.8) is 0 Å². The van der Waals surface area contributed by atoms with Crippen molar-refractivity contribution in [3.05, 3.63) is 76.9 Å². The normalized spacial score (nSPS) is 21.7. The minimum Gasteiger partial charge on any atom is -0.481 e. The molecule has 1 aliphatic heterocycles. The molecule has 5 nitrogen and oxygen atoms in total. The maximum atomic E-state index is 13.5. The van der Waals surface area contributed by atoms with Gasteiger partial charge >= 0.3 is 5.97 Å². The molecule has 31 heavy (non-hydrogen) atoms. The lowest BCUT2D eigenvalue weighted by atomic mass is 9.77. The third-order valence-corrected chi connectivity index (χ3v) is 5.73. The van der Waals surface area contributed by atoms with Gasteiger partial charge in [0.05, 0.1) is 18.2 Å². The first-order valence-electron chi connectivity index (χ1n) is 10.3. The van der Waals surface area contributed by atoms with Crippen LogP contribution >= 0.6 is 0 Å². The van der Waals surface area contributed by atoms with Crippen LogP contribution in [0.3, 0.4) is 0 Å². The first-order valence-corrected chi connectivity index (χ1v) is 10.3. The molecule has 1 fully saturated rings. The summed E-state index contributed by atoms with van der Waals surface area (Å²) in [6.45, 7) is 0. The molecule has 0 saturated heterocycles. The maximum Gasteiger partial charge on any atom is 0.303 e. The highest BCUT2D eigenvalue weighted by Gasteiger charge is 2.43. The molecule has 1 saturated carbocycles. The van der Waals surface area contributed by atoms with Crippen LogP contribution in [-0.2, 0) is 9.59 Å². The molecule has 0 unspecified atom stereocenters. The first-order chi connectivity index (χ1) is 14.9. The molecule has 2 aromatic carbocycles. The van der Waals surface area contributed by atoms with E-state index in [-0.39, 0.29) is 36.3 Å². The monoisotopic (exact) mass is 424 g/mol. The fourth-order valence-electron chi connectivity index (χ4n) is 4.29. The second kappa shape index (κ2) is 8.79. The van der Waals surface area contributed by atoms with E-state index in [2.05, 4.69) is 5.10 Å². The van der Waals surface area contributed by atoms with Gasteiger partial charge in [0.1, 0.15) is 11.6 Å². The predicted molar refractivity (Wildman–Crippen MR) is 112 cm³/mol. The highest BCUT2D eigenvalue weighted by Crippen LogP contribution is 2.44. The van der Waals surface area contributed by atoms with Gasteiger partial charge in [-0.25, -0.2) is 13.8 Å². The van der Waals surface area contributed by atoms with Crippen LogP contribution in [0.4, 0.5) is 8.78 Å². The van der Waals surface area contributed by atoms with Gasteiger partial charge in [-0.1, -0.05) is 24.3 Å². The molecule has 1 aliphatic carbocycles. The van der Waals surface area contributed by atoms with Crippen LogP contribution in [0.1, 0.15) is 49.3 Å². The Morgan fingerprint density at radius 2 is 1.68 bits per heavy atom. The maximum absolute atomic E-state index is 13.5. The van der Waals surface area contributed by atoms with E-state index in [1.54, 1.807) is 24.3 Å². The molecule has 0 spiro atoms. The van der Waals surface area contributed by atoms with E-state index in [1.807, 2.05) is 6.08 Å². The lowest BCUT2D eigenvalue weighted by Gasteiger charge is -2.29. The molecular formula is C24H22F2N2O3. The lowest BCUT2D eigenvalue weighted by Crippen LogP contribution is -2.32. The summed E-state index contributed by atoms with van der Waals surface area (Å²) in [7, 11) is 0. The first kappa shape index (κ1) is 20.9. The number of aliphatic carboxylic acids is 1. The van der Waals surface area contributed by atoms with Crippen molar-refractivity contribution < 1.29 is 23.5 Å². The van der Waals surface area contributed by atoms with Crippen LogP contribution < -0.4 is 0 Å². The highest BCUT2D eigenvalue weighted by molar-refractivity contribution is 6.08. The Labute approximate surface area is 178 Å². The lowest BCUT2D eigenvalue weighted by molar-refractivity contribution is -0.141. The van der Waals surface area contributed by atoms with Crippen LogP contribution in [0.15, 0.2) is 59.2 Å². The summed E-state index contributed by atoms with van der Waals surface area (Å²) in [5, 5.41) is 15.0. The van der Waals surface area contributed by atoms with Gasteiger partial charge in [0.15, 0.2) is 0 Å². The summed E-state index contributed by atoms with van der Waals surface area (Å²) in [5.74, 6) is -2.17. The van der Waals surface area contributed by atoms with Crippen molar-refractivity contribution in [2.45, 2.75) is 38.1 Å². The van der Waals surface area contributed by atoms with Crippen LogP contribution in [0.2, 0.25) is 0 Å². The zero-order valence-corrected chi connectivity index (χ0v) is 16.8. The topological polar surface area (TPSA) is 70.0 Å². The van der Waals surface area contributed by atoms with Gasteiger partial charge in [-0.2, -0.15) is 5.10 Å². The zero-order chi connectivity index (χ0) is 22.0. The average molecular weight is 424 g/mol. The van der Waals surface area contributed by atoms with Gasteiger partial charge in [-0.15, -0.1) is 0 Å². The third-order valence-electron chi connectivity index (χ3n) is 5.73. The van der Waals surface area contributed by atoms with Gasteiger partial charge in [0.25, 0.3) is 0 Å². The molecule has 2 atom stereocenters. The summed E-state index contributed by atoms with van der Waals surface area (Å²) < 4.78 is 26.8. The van der Waals surface area contributed by atoms with Crippen molar-refractivity contribution in [2.24, 2.45) is 11.0 Å². The number of rotatable bonds is 5. The molecule has 2 aromatic rings. The van der Waals surface area contributed by atoms with Crippen LogP contribution in [0.5, 0.6) is 0 Å². The number of hydrogen-bond donors (Lipinski definition) is 1. The fourth-order valence-corrected chi connectivity index (χ4v) is 4.29. The number of fused-ring (bicyclic) bond motifs is 1. The van der Waals surface area contributed by atoms with E-state index in [1.165, 1.54) is 29.3 Å². The number of carbonyl (C=O) groups excluding carboxylic acids is 1. The minimum absolute atomic E-state index is 0.0697. The standard InChI is InChI=1S/C24H22F2N2O3/c25-18-8-4-15(5-9-18)14-17-2-1-3-20-23(17)27-28(21(29)12-13-22(30)31)24(20)16-6-10-19(26)11-7-16/h4-11,14,20,24H,1-3,12-13H2,(H,30,31)/b17-14-/t20-,24+/m1/s1. The smallest absolute Gasteiger partial charge is 0.303 e. The summed E-state index contributed by atoms with van der Waals surface area (Å²) in [4.78, 5) is 23.8. The van der Waals surface area contributed by atoms with Gasteiger partial charge < -0.3 is 5.11 Å². The Balaban J connectivity index is 1.70. The largest absolute Gasteiger partial charge is 0.481 e. The second-order valence-corrected chi connectivity index (χ2v) is 7.83. The quantitative estimate of drug-likeness (QED) is 0.738. The van der Waals surface area contributed by atoms with Crippen molar-refractivity contribution in [1.29, 1.82) is 0 Å². The zero-order valence-electron chi connectivity index (χ0n) is 16.8. The summed E-state index contributed by atoms with van der Waals surface area (Å²) in [5.41, 5.74) is 3.36. The molecule has 160 valence electrons. The Morgan fingerprint density at radius 3 is 2.32 bits per heavy atom. The summed E-state index contributed by atoms with van der Waals surface area (Å²) in [6.07, 6.45) is 4.00. The minimum atomic E-state index is -1.05. The highest BCUT2D eigenvalue weighted by atomic mass is 19.1. The summed E-state index contributed by atoms with van der Waals surface area (Å²) in [6, 6.07) is 11.8. The van der Waals surface area contributed by atoms with Crippen LogP contribution in [0, 0.1) is 17.6 Å². The fraction of sp³-hybridized carbons (Fsp3) is 0.292.